The highest BCUT2D eigenvalue weighted by molar-refractivity contribution is 9.10. The van der Waals surface area contributed by atoms with Gasteiger partial charge in [-0.05, 0) is 61.9 Å². The highest BCUT2D eigenvalue weighted by Crippen LogP contribution is 2.24. The van der Waals surface area contributed by atoms with Crippen LogP contribution < -0.4 is 9.46 Å². The van der Waals surface area contributed by atoms with Gasteiger partial charge in [0.15, 0.2) is 0 Å². The topological polar surface area (TPSA) is 55.4 Å². The fourth-order valence-corrected chi connectivity index (χ4v) is 3.25. The number of nitrogens with one attached hydrogen (secondary N) is 1. The van der Waals surface area contributed by atoms with E-state index in [9.17, 15) is 8.42 Å². The lowest BCUT2D eigenvalue weighted by molar-refractivity contribution is 0.337. The van der Waals surface area contributed by atoms with Crippen molar-refractivity contribution in [3.05, 3.63) is 52.5 Å². The minimum atomic E-state index is -3.60. The average molecular weight is 370 g/mol. The van der Waals surface area contributed by atoms with Gasteiger partial charge in [0.25, 0.3) is 10.0 Å². The molecule has 0 heterocycles. The third kappa shape index (κ3) is 3.98. The summed E-state index contributed by atoms with van der Waals surface area (Å²) in [6.45, 7) is 4.26. The van der Waals surface area contributed by atoms with Crippen molar-refractivity contribution in [1.29, 1.82) is 0 Å². The van der Waals surface area contributed by atoms with Crippen molar-refractivity contribution >= 4 is 31.6 Å². The second-order valence-electron chi connectivity index (χ2n) is 4.47. The van der Waals surface area contributed by atoms with Gasteiger partial charge in [-0.1, -0.05) is 15.9 Å². The van der Waals surface area contributed by atoms with Crippen LogP contribution in [-0.4, -0.2) is 15.0 Å². The fourth-order valence-electron chi connectivity index (χ4n) is 1.84. The Balaban J connectivity index is 2.27. The molecule has 112 valence electrons. The maximum absolute atomic E-state index is 12.3. The molecule has 2 rings (SSSR count). The highest BCUT2D eigenvalue weighted by Gasteiger charge is 2.15. The Kier molecular flexibility index (Phi) is 4.90. The van der Waals surface area contributed by atoms with Gasteiger partial charge in [0.05, 0.1) is 11.5 Å². The van der Waals surface area contributed by atoms with Crippen LogP contribution in [0.3, 0.4) is 0 Å². The third-order valence-electron chi connectivity index (χ3n) is 2.85. The van der Waals surface area contributed by atoms with Crippen LogP contribution in [0.2, 0.25) is 0 Å². The molecule has 21 heavy (non-hydrogen) atoms. The van der Waals surface area contributed by atoms with E-state index in [1.807, 2.05) is 13.8 Å². The Hall–Kier alpha value is -1.53. The normalized spacial score (nSPS) is 11.2. The maximum Gasteiger partial charge on any atom is 0.261 e. The van der Waals surface area contributed by atoms with Crippen LogP contribution in [0.4, 0.5) is 5.69 Å². The van der Waals surface area contributed by atoms with Gasteiger partial charge in [0.1, 0.15) is 5.75 Å². The highest BCUT2D eigenvalue weighted by atomic mass is 79.9. The molecule has 0 spiro atoms. The SMILES string of the molecule is CCOc1ccc(S(=O)(=O)Nc2ccc(Br)cc2)cc1C. The smallest absolute Gasteiger partial charge is 0.261 e. The predicted molar refractivity (Wildman–Crippen MR) is 87.3 cm³/mol. The molecule has 0 bridgehead atoms. The fraction of sp³-hybridized carbons (Fsp3) is 0.200. The molecule has 0 aliphatic heterocycles. The van der Waals surface area contributed by atoms with Crippen molar-refractivity contribution in [2.24, 2.45) is 0 Å². The monoisotopic (exact) mass is 369 g/mol. The first kappa shape index (κ1) is 15.9. The quantitative estimate of drug-likeness (QED) is 0.867. The Morgan fingerprint density at radius 3 is 2.38 bits per heavy atom. The van der Waals surface area contributed by atoms with Crippen LogP contribution in [0.15, 0.2) is 51.8 Å². The Bertz CT molecular complexity index is 727. The molecule has 0 radical (unpaired) electrons. The first-order valence-electron chi connectivity index (χ1n) is 6.44. The number of hydrogen-bond donors (Lipinski definition) is 1. The summed E-state index contributed by atoms with van der Waals surface area (Å²) in [6, 6.07) is 11.8. The van der Waals surface area contributed by atoms with E-state index in [1.54, 1.807) is 42.5 Å². The van der Waals surface area contributed by atoms with Crippen LogP contribution in [0.5, 0.6) is 5.75 Å². The zero-order chi connectivity index (χ0) is 15.5. The lowest BCUT2D eigenvalue weighted by atomic mass is 10.2. The van der Waals surface area contributed by atoms with E-state index in [-0.39, 0.29) is 4.90 Å². The van der Waals surface area contributed by atoms with Crippen molar-refractivity contribution in [2.45, 2.75) is 18.7 Å². The van der Waals surface area contributed by atoms with Crippen LogP contribution in [0.1, 0.15) is 12.5 Å². The molecule has 0 saturated heterocycles. The number of hydrogen-bond acceptors (Lipinski definition) is 3. The van der Waals surface area contributed by atoms with Crippen molar-refractivity contribution < 1.29 is 13.2 Å². The van der Waals surface area contributed by atoms with Crippen molar-refractivity contribution in [1.82, 2.24) is 0 Å². The Morgan fingerprint density at radius 2 is 1.81 bits per heavy atom. The number of halogens is 1. The molecule has 0 aliphatic carbocycles. The van der Waals surface area contributed by atoms with E-state index in [2.05, 4.69) is 20.7 Å². The van der Waals surface area contributed by atoms with E-state index >= 15 is 0 Å². The van der Waals surface area contributed by atoms with E-state index in [4.69, 9.17) is 4.74 Å². The van der Waals surface area contributed by atoms with Crippen molar-refractivity contribution in [3.63, 3.8) is 0 Å². The van der Waals surface area contributed by atoms with Crippen LogP contribution in [-0.2, 0) is 10.0 Å². The lowest BCUT2D eigenvalue weighted by Gasteiger charge is -2.11. The molecule has 0 aliphatic rings. The zero-order valence-corrected chi connectivity index (χ0v) is 14.2. The minimum Gasteiger partial charge on any atom is -0.494 e. The second-order valence-corrected chi connectivity index (χ2v) is 7.07. The number of ether oxygens (including phenoxy) is 1. The van der Waals surface area contributed by atoms with Gasteiger partial charge in [-0.2, -0.15) is 0 Å². The molecule has 2 aromatic carbocycles. The molecular weight excluding hydrogens is 354 g/mol. The second kappa shape index (κ2) is 6.49. The first-order chi connectivity index (χ1) is 9.92. The summed E-state index contributed by atoms with van der Waals surface area (Å²) in [6.07, 6.45) is 0. The predicted octanol–water partition coefficient (Wildman–Crippen LogP) is 3.96. The molecule has 6 heteroatoms. The average Bonchev–Trinajstić information content (AvgIpc) is 2.43. The van der Waals surface area contributed by atoms with Gasteiger partial charge in [0.2, 0.25) is 0 Å². The van der Waals surface area contributed by atoms with Crippen LogP contribution >= 0.6 is 15.9 Å². The number of anilines is 1. The molecule has 0 unspecified atom stereocenters. The van der Waals surface area contributed by atoms with Gasteiger partial charge in [-0.3, -0.25) is 4.72 Å². The van der Waals surface area contributed by atoms with Gasteiger partial charge in [-0.25, -0.2) is 8.42 Å². The van der Waals surface area contributed by atoms with Gasteiger partial charge >= 0.3 is 0 Å². The van der Waals surface area contributed by atoms with Crippen molar-refractivity contribution in [3.8, 4) is 5.75 Å². The molecule has 4 nitrogen and oxygen atoms in total. The molecule has 0 aromatic heterocycles. The lowest BCUT2D eigenvalue weighted by Crippen LogP contribution is -2.13. The number of sulfonamides is 1. The Morgan fingerprint density at radius 1 is 1.14 bits per heavy atom. The number of aryl methyl sites for hydroxylation is 1. The first-order valence-corrected chi connectivity index (χ1v) is 8.72. The largest absolute Gasteiger partial charge is 0.494 e. The van der Waals surface area contributed by atoms with E-state index in [0.29, 0.717) is 18.0 Å². The summed E-state index contributed by atoms with van der Waals surface area (Å²) in [5, 5.41) is 0. The van der Waals surface area contributed by atoms with Crippen molar-refractivity contribution in [2.75, 3.05) is 11.3 Å². The van der Waals surface area contributed by atoms with E-state index < -0.39 is 10.0 Å². The summed E-state index contributed by atoms with van der Waals surface area (Å²) in [5.74, 6) is 0.695. The maximum atomic E-state index is 12.3. The Labute approximate surface area is 133 Å². The van der Waals surface area contributed by atoms with Gasteiger partial charge in [-0.15, -0.1) is 0 Å². The molecule has 0 atom stereocenters. The summed E-state index contributed by atoms with van der Waals surface area (Å²) in [4.78, 5) is 0.214. The minimum absolute atomic E-state index is 0.214. The standard InChI is InChI=1S/C15H16BrNO3S/c1-3-20-15-9-8-14(10-11(15)2)21(18,19)17-13-6-4-12(16)5-7-13/h4-10,17H,3H2,1-2H3. The van der Waals surface area contributed by atoms with Crippen LogP contribution in [0.25, 0.3) is 0 Å². The molecule has 1 N–H and O–H groups in total. The van der Waals surface area contributed by atoms with E-state index in [0.717, 1.165) is 10.0 Å². The molecular formula is C15H16BrNO3S. The van der Waals surface area contributed by atoms with Gasteiger partial charge in [0, 0.05) is 10.2 Å². The summed E-state index contributed by atoms with van der Waals surface area (Å²) in [5.41, 5.74) is 1.31. The molecule has 0 fully saturated rings. The third-order valence-corrected chi connectivity index (χ3v) is 4.76. The molecule has 2 aromatic rings. The zero-order valence-electron chi connectivity index (χ0n) is 11.8. The summed E-state index contributed by atoms with van der Waals surface area (Å²) in [7, 11) is -3.60. The number of benzene rings is 2. The number of rotatable bonds is 5. The summed E-state index contributed by atoms with van der Waals surface area (Å²) < 4.78 is 33.5. The van der Waals surface area contributed by atoms with Gasteiger partial charge < -0.3 is 4.74 Å². The van der Waals surface area contributed by atoms with E-state index in [1.165, 1.54) is 0 Å². The van der Waals surface area contributed by atoms with Crippen LogP contribution in [0, 0.1) is 6.92 Å². The summed E-state index contributed by atoms with van der Waals surface area (Å²) >= 11 is 3.31. The molecule has 0 amide bonds. The molecule has 0 saturated carbocycles.